The monoisotopic (exact) mass is 305 g/mol. The first kappa shape index (κ1) is 14.8. The molecule has 0 aromatic heterocycles. The SMILES string of the molecule is CS(=O)c1ccc(C(=O)N2CCCC2C2CCCC2)cc1. The first-order valence-electron chi connectivity index (χ1n) is 7.91. The minimum atomic E-state index is -0.986. The van der Waals surface area contributed by atoms with Crippen molar-refractivity contribution in [2.75, 3.05) is 12.8 Å². The fourth-order valence-corrected chi connectivity index (χ4v) is 4.35. The normalized spacial score (nSPS) is 24.4. The Balaban J connectivity index is 1.75. The number of benzene rings is 1. The van der Waals surface area contributed by atoms with Crippen LogP contribution in [0.5, 0.6) is 0 Å². The van der Waals surface area contributed by atoms with Gasteiger partial charge in [-0.3, -0.25) is 9.00 Å². The highest BCUT2D eigenvalue weighted by Gasteiger charge is 2.36. The van der Waals surface area contributed by atoms with Gasteiger partial charge in [0.1, 0.15) is 0 Å². The second-order valence-electron chi connectivity index (χ2n) is 6.23. The highest BCUT2D eigenvalue weighted by atomic mass is 32.2. The number of carbonyl (C=O) groups is 1. The molecule has 2 aliphatic rings. The van der Waals surface area contributed by atoms with Crippen LogP contribution in [0, 0.1) is 5.92 Å². The second-order valence-corrected chi connectivity index (χ2v) is 7.61. The Morgan fingerprint density at radius 2 is 1.76 bits per heavy atom. The topological polar surface area (TPSA) is 37.4 Å². The molecule has 4 heteroatoms. The molecule has 1 aliphatic heterocycles. The zero-order valence-corrected chi connectivity index (χ0v) is 13.4. The Kier molecular flexibility index (Phi) is 4.43. The Labute approximate surface area is 129 Å². The largest absolute Gasteiger partial charge is 0.335 e. The van der Waals surface area contributed by atoms with Gasteiger partial charge in [0.2, 0.25) is 0 Å². The van der Waals surface area contributed by atoms with Crippen LogP contribution >= 0.6 is 0 Å². The number of likely N-dealkylation sites (tertiary alicyclic amines) is 1. The van der Waals surface area contributed by atoms with E-state index in [9.17, 15) is 9.00 Å². The average molecular weight is 305 g/mol. The number of amides is 1. The summed E-state index contributed by atoms with van der Waals surface area (Å²) in [6.45, 7) is 0.890. The summed E-state index contributed by atoms with van der Waals surface area (Å²) in [6.07, 6.45) is 9.15. The van der Waals surface area contributed by atoms with E-state index in [-0.39, 0.29) is 5.91 Å². The summed E-state index contributed by atoms with van der Waals surface area (Å²) in [5.74, 6) is 0.858. The standard InChI is InChI=1S/C17H23NO2S/c1-21(20)15-10-8-14(9-11-15)17(19)18-12-4-7-16(18)13-5-2-3-6-13/h8-11,13,16H,2-7,12H2,1H3. The lowest BCUT2D eigenvalue weighted by Crippen LogP contribution is -2.39. The molecule has 0 radical (unpaired) electrons. The van der Waals surface area contributed by atoms with Crippen LogP contribution in [0.15, 0.2) is 29.2 Å². The lowest BCUT2D eigenvalue weighted by molar-refractivity contribution is 0.0689. The first-order chi connectivity index (χ1) is 10.2. The molecule has 2 atom stereocenters. The molecule has 0 bridgehead atoms. The van der Waals surface area contributed by atoms with E-state index in [4.69, 9.17) is 0 Å². The van der Waals surface area contributed by atoms with Gasteiger partial charge in [-0.15, -0.1) is 0 Å². The molecule has 0 N–H and O–H groups in total. The van der Waals surface area contributed by atoms with E-state index >= 15 is 0 Å². The molecular formula is C17H23NO2S. The van der Waals surface area contributed by atoms with E-state index in [2.05, 4.69) is 4.90 Å². The van der Waals surface area contributed by atoms with Crippen LogP contribution in [-0.4, -0.2) is 33.9 Å². The molecule has 1 aromatic rings. The molecule has 1 saturated heterocycles. The van der Waals surface area contributed by atoms with Crippen LogP contribution in [0.25, 0.3) is 0 Å². The summed E-state index contributed by atoms with van der Waals surface area (Å²) in [4.78, 5) is 15.6. The second kappa shape index (κ2) is 6.30. The van der Waals surface area contributed by atoms with Crippen molar-refractivity contribution in [3.05, 3.63) is 29.8 Å². The summed E-state index contributed by atoms with van der Waals surface area (Å²) in [7, 11) is -0.986. The molecule has 0 spiro atoms. The smallest absolute Gasteiger partial charge is 0.254 e. The van der Waals surface area contributed by atoms with E-state index in [0.29, 0.717) is 12.0 Å². The summed E-state index contributed by atoms with van der Waals surface area (Å²) in [5.41, 5.74) is 0.731. The third-order valence-corrected chi connectivity index (χ3v) is 5.87. The first-order valence-corrected chi connectivity index (χ1v) is 9.47. The van der Waals surface area contributed by atoms with Crippen molar-refractivity contribution in [2.45, 2.75) is 49.5 Å². The van der Waals surface area contributed by atoms with Gasteiger partial charge in [0.05, 0.1) is 0 Å². The zero-order chi connectivity index (χ0) is 14.8. The number of carbonyl (C=O) groups excluding carboxylic acids is 1. The maximum Gasteiger partial charge on any atom is 0.254 e. The van der Waals surface area contributed by atoms with Crippen LogP contribution in [0.2, 0.25) is 0 Å². The minimum Gasteiger partial charge on any atom is -0.335 e. The molecule has 1 aromatic carbocycles. The van der Waals surface area contributed by atoms with Crippen molar-refractivity contribution in [2.24, 2.45) is 5.92 Å². The summed E-state index contributed by atoms with van der Waals surface area (Å²) < 4.78 is 11.4. The molecule has 3 rings (SSSR count). The van der Waals surface area contributed by atoms with Gasteiger partial charge in [0, 0.05) is 40.1 Å². The predicted molar refractivity (Wildman–Crippen MR) is 84.8 cm³/mol. The lowest BCUT2D eigenvalue weighted by Gasteiger charge is -2.29. The number of nitrogens with zero attached hydrogens (tertiary/aromatic N) is 1. The third-order valence-electron chi connectivity index (χ3n) is 4.94. The molecule has 1 heterocycles. The van der Waals surface area contributed by atoms with Crippen molar-refractivity contribution in [1.82, 2.24) is 4.90 Å². The van der Waals surface area contributed by atoms with E-state index in [0.717, 1.165) is 29.8 Å². The van der Waals surface area contributed by atoms with E-state index < -0.39 is 10.8 Å². The Hall–Kier alpha value is -1.16. The number of hydrogen-bond acceptors (Lipinski definition) is 2. The quantitative estimate of drug-likeness (QED) is 0.860. The van der Waals surface area contributed by atoms with Crippen LogP contribution in [0.1, 0.15) is 48.9 Å². The Bertz CT molecular complexity index is 534. The third kappa shape index (κ3) is 3.05. The van der Waals surface area contributed by atoms with Gasteiger partial charge in [-0.25, -0.2) is 0 Å². The van der Waals surface area contributed by atoms with Crippen LogP contribution in [0.3, 0.4) is 0 Å². The van der Waals surface area contributed by atoms with Gasteiger partial charge in [-0.2, -0.15) is 0 Å². The van der Waals surface area contributed by atoms with Crippen LogP contribution in [0.4, 0.5) is 0 Å². The van der Waals surface area contributed by atoms with Crippen molar-refractivity contribution >= 4 is 16.7 Å². The highest BCUT2D eigenvalue weighted by molar-refractivity contribution is 7.84. The van der Waals surface area contributed by atoms with Gasteiger partial charge in [0.15, 0.2) is 0 Å². The van der Waals surface area contributed by atoms with Crippen molar-refractivity contribution in [3.63, 3.8) is 0 Å². The Morgan fingerprint density at radius 1 is 1.10 bits per heavy atom. The van der Waals surface area contributed by atoms with Crippen molar-refractivity contribution < 1.29 is 9.00 Å². The molecule has 1 amide bonds. The predicted octanol–water partition coefficient (Wildman–Crippen LogP) is 3.22. The van der Waals surface area contributed by atoms with Crippen molar-refractivity contribution in [3.8, 4) is 0 Å². The van der Waals surface area contributed by atoms with Crippen LogP contribution < -0.4 is 0 Å². The summed E-state index contributed by atoms with van der Waals surface area (Å²) in [6, 6.07) is 7.71. The number of hydrogen-bond donors (Lipinski definition) is 0. The van der Waals surface area contributed by atoms with Gasteiger partial charge >= 0.3 is 0 Å². The van der Waals surface area contributed by atoms with Crippen LogP contribution in [-0.2, 0) is 10.8 Å². The molecule has 114 valence electrons. The number of rotatable bonds is 3. The highest BCUT2D eigenvalue weighted by Crippen LogP contribution is 2.36. The van der Waals surface area contributed by atoms with Gasteiger partial charge in [-0.1, -0.05) is 12.8 Å². The lowest BCUT2D eigenvalue weighted by atomic mass is 9.95. The minimum absolute atomic E-state index is 0.151. The van der Waals surface area contributed by atoms with E-state index in [1.54, 1.807) is 6.26 Å². The van der Waals surface area contributed by atoms with Gasteiger partial charge < -0.3 is 4.90 Å². The molecule has 3 nitrogen and oxygen atoms in total. The summed E-state index contributed by atoms with van der Waals surface area (Å²) in [5, 5.41) is 0. The van der Waals surface area contributed by atoms with Gasteiger partial charge in [-0.05, 0) is 55.9 Å². The maximum absolute atomic E-state index is 12.7. The fourth-order valence-electron chi connectivity index (χ4n) is 3.83. The average Bonchev–Trinajstić information content (AvgIpc) is 3.17. The molecular weight excluding hydrogens is 282 g/mol. The van der Waals surface area contributed by atoms with Crippen molar-refractivity contribution in [1.29, 1.82) is 0 Å². The molecule has 2 fully saturated rings. The molecule has 1 aliphatic carbocycles. The molecule has 21 heavy (non-hydrogen) atoms. The zero-order valence-electron chi connectivity index (χ0n) is 12.6. The Morgan fingerprint density at radius 3 is 2.38 bits per heavy atom. The molecule has 2 unspecified atom stereocenters. The molecule has 1 saturated carbocycles. The van der Waals surface area contributed by atoms with E-state index in [1.165, 1.54) is 25.7 Å². The van der Waals surface area contributed by atoms with E-state index in [1.807, 2.05) is 24.3 Å². The summed E-state index contributed by atoms with van der Waals surface area (Å²) >= 11 is 0. The maximum atomic E-state index is 12.7. The fraction of sp³-hybridized carbons (Fsp3) is 0.588. The van der Waals surface area contributed by atoms with Gasteiger partial charge in [0.25, 0.3) is 5.91 Å².